The zero-order valence-corrected chi connectivity index (χ0v) is 14.1. The molecule has 2 N–H and O–H groups in total. The van der Waals surface area contributed by atoms with Gasteiger partial charge in [-0.1, -0.05) is 56.6 Å². The van der Waals surface area contributed by atoms with Crippen molar-refractivity contribution in [3.63, 3.8) is 0 Å². The van der Waals surface area contributed by atoms with Crippen molar-refractivity contribution in [2.75, 3.05) is 0 Å². The third-order valence-corrected chi connectivity index (χ3v) is 3.59. The highest BCUT2D eigenvalue weighted by atomic mass is 35.5. The number of nitrogens with zero attached hydrogens (tertiary/aromatic N) is 1. The quantitative estimate of drug-likeness (QED) is 0.657. The van der Waals surface area contributed by atoms with Gasteiger partial charge in [-0.3, -0.25) is 4.79 Å². The molecule has 0 aliphatic carbocycles. The first kappa shape index (κ1) is 17.0. The fourth-order valence-corrected chi connectivity index (χ4v) is 2.16. The zero-order chi connectivity index (χ0) is 17.0. The number of carbonyl (C=O) groups excluding carboxylic acids is 1. The Bertz CT molecular complexity index is 732. The molecule has 0 fully saturated rings. The Kier molecular flexibility index (Phi) is 5.06. The van der Waals surface area contributed by atoms with E-state index < -0.39 is 5.91 Å². The standard InChI is InChI=1S/C18H19ClN2O2/c1-18(2,3)13-6-4-12(5-7-13)11-20-21-17(23)15-10-14(19)8-9-16(15)22/h4-11,22H,1-3H3,(H,21,23)/b20-11+. The van der Waals surface area contributed by atoms with Gasteiger partial charge in [0.05, 0.1) is 11.8 Å². The second-order valence-corrected chi connectivity index (χ2v) is 6.67. The number of carbonyl (C=O) groups is 1. The molecule has 0 spiro atoms. The highest BCUT2D eigenvalue weighted by Crippen LogP contribution is 2.22. The molecule has 0 bridgehead atoms. The van der Waals surface area contributed by atoms with E-state index in [1.807, 2.05) is 24.3 Å². The molecular weight excluding hydrogens is 312 g/mol. The van der Waals surface area contributed by atoms with Crippen LogP contribution in [0.2, 0.25) is 5.02 Å². The monoisotopic (exact) mass is 330 g/mol. The van der Waals surface area contributed by atoms with Gasteiger partial charge < -0.3 is 5.11 Å². The second kappa shape index (κ2) is 6.84. The summed E-state index contributed by atoms with van der Waals surface area (Å²) in [4.78, 5) is 12.0. The Morgan fingerprint density at radius 1 is 1.17 bits per heavy atom. The van der Waals surface area contributed by atoms with Crippen LogP contribution < -0.4 is 5.43 Å². The Morgan fingerprint density at radius 2 is 1.83 bits per heavy atom. The molecule has 23 heavy (non-hydrogen) atoms. The summed E-state index contributed by atoms with van der Waals surface area (Å²) in [7, 11) is 0. The van der Waals surface area contributed by atoms with Gasteiger partial charge in [-0.05, 0) is 34.7 Å². The first-order chi connectivity index (χ1) is 10.8. The van der Waals surface area contributed by atoms with Crippen molar-refractivity contribution >= 4 is 23.7 Å². The number of phenols is 1. The average Bonchev–Trinajstić information content (AvgIpc) is 2.49. The molecule has 2 aromatic carbocycles. The van der Waals surface area contributed by atoms with Crippen LogP contribution in [0.15, 0.2) is 47.6 Å². The van der Waals surface area contributed by atoms with Crippen LogP contribution in [0.5, 0.6) is 5.75 Å². The van der Waals surface area contributed by atoms with Crippen molar-refractivity contribution in [2.45, 2.75) is 26.2 Å². The van der Waals surface area contributed by atoms with Crippen LogP contribution in [-0.4, -0.2) is 17.2 Å². The minimum atomic E-state index is -0.521. The van der Waals surface area contributed by atoms with E-state index in [4.69, 9.17) is 11.6 Å². The number of aromatic hydroxyl groups is 1. The molecule has 0 aliphatic heterocycles. The van der Waals surface area contributed by atoms with E-state index in [1.165, 1.54) is 23.8 Å². The van der Waals surface area contributed by atoms with Crippen molar-refractivity contribution in [3.05, 3.63) is 64.2 Å². The van der Waals surface area contributed by atoms with Gasteiger partial charge in [0.25, 0.3) is 5.91 Å². The summed E-state index contributed by atoms with van der Waals surface area (Å²) in [5, 5.41) is 13.9. The van der Waals surface area contributed by atoms with Crippen LogP contribution in [0.3, 0.4) is 0 Å². The highest BCUT2D eigenvalue weighted by molar-refractivity contribution is 6.31. The van der Waals surface area contributed by atoms with Crippen LogP contribution in [0.25, 0.3) is 0 Å². The fraction of sp³-hybridized carbons (Fsp3) is 0.222. The summed E-state index contributed by atoms with van der Waals surface area (Å²) in [6, 6.07) is 12.2. The number of halogens is 1. The average molecular weight is 331 g/mol. The second-order valence-electron chi connectivity index (χ2n) is 6.23. The summed E-state index contributed by atoms with van der Waals surface area (Å²) < 4.78 is 0. The molecule has 0 atom stereocenters. The first-order valence-electron chi connectivity index (χ1n) is 7.20. The van der Waals surface area contributed by atoms with Gasteiger partial charge in [0.1, 0.15) is 5.75 Å². The molecule has 5 heteroatoms. The Morgan fingerprint density at radius 3 is 2.43 bits per heavy atom. The molecule has 0 aromatic heterocycles. The predicted octanol–water partition coefficient (Wildman–Crippen LogP) is 4.11. The molecule has 120 valence electrons. The van der Waals surface area contributed by atoms with Gasteiger partial charge in [-0.25, -0.2) is 5.43 Å². The molecule has 0 saturated carbocycles. The van der Waals surface area contributed by atoms with Gasteiger partial charge in [0.2, 0.25) is 0 Å². The predicted molar refractivity (Wildman–Crippen MR) is 93.3 cm³/mol. The smallest absolute Gasteiger partial charge is 0.275 e. The van der Waals surface area contributed by atoms with Crippen molar-refractivity contribution in [1.29, 1.82) is 0 Å². The number of nitrogens with one attached hydrogen (secondary N) is 1. The van der Waals surface area contributed by atoms with Gasteiger partial charge in [0.15, 0.2) is 0 Å². The molecule has 0 saturated heterocycles. The Hall–Kier alpha value is -2.33. The zero-order valence-electron chi connectivity index (χ0n) is 13.3. The van der Waals surface area contributed by atoms with Crippen LogP contribution in [-0.2, 0) is 5.41 Å². The molecule has 0 radical (unpaired) electrons. The number of rotatable bonds is 3. The number of phenolic OH excluding ortho intramolecular Hbond substituents is 1. The van der Waals surface area contributed by atoms with E-state index in [1.54, 1.807) is 6.21 Å². The number of hydrogen-bond donors (Lipinski definition) is 2. The van der Waals surface area contributed by atoms with E-state index in [2.05, 4.69) is 31.3 Å². The number of benzene rings is 2. The van der Waals surface area contributed by atoms with Crippen molar-refractivity contribution < 1.29 is 9.90 Å². The number of amides is 1. The van der Waals surface area contributed by atoms with Gasteiger partial charge in [-0.15, -0.1) is 0 Å². The highest BCUT2D eigenvalue weighted by Gasteiger charge is 2.13. The van der Waals surface area contributed by atoms with Crippen LogP contribution >= 0.6 is 11.6 Å². The summed E-state index contributed by atoms with van der Waals surface area (Å²) in [6.45, 7) is 6.44. The topological polar surface area (TPSA) is 61.7 Å². The third-order valence-electron chi connectivity index (χ3n) is 3.36. The molecule has 0 unspecified atom stereocenters. The van der Waals surface area contributed by atoms with Crippen molar-refractivity contribution in [1.82, 2.24) is 5.43 Å². The lowest BCUT2D eigenvalue weighted by Crippen LogP contribution is -2.17. The molecular formula is C18H19ClN2O2. The number of hydrazone groups is 1. The van der Waals surface area contributed by atoms with E-state index in [0.29, 0.717) is 5.02 Å². The Balaban J connectivity index is 2.04. The summed E-state index contributed by atoms with van der Waals surface area (Å²) in [5.74, 6) is -0.663. The Labute approximate surface area is 140 Å². The third kappa shape index (κ3) is 4.57. The number of hydrogen-bond acceptors (Lipinski definition) is 3. The maximum absolute atomic E-state index is 12.0. The minimum Gasteiger partial charge on any atom is -0.507 e. The van der Waals surface area contributed by atoms with Gasteiger partial charge in [-0.2, -0.15) is 5.10 Å². The summed E-state index contributed by atoms with van der Waals surface area (Å²) >= 11 is 5.81. The maximum Gasteiger partial charge on any atom is 0.275 e. The largest absolute Gasteiger partial charge is 0.507 e. The maximum atomic E-state index is 12.0. The van der Waals surface area contributed by atoms with E-state index in [0.717, 1.165) is 5.56 Å². The molecule has 2 rings (SSSR count). The molecule has 0 aliphatic rings. The van der Waals surface area contributed by atoms with E-state index in [9.17, 15) is 9.90 Å². The van der Waals surface area contributed by atoms with Gasteiger partial charge >= 0.3 is 0 Å². The minimum absolute atomic E-state index is 0.0812. The lowest BCUT2D eigenvalue weighted by molar-refractivity contribution is 0.0952. The SMILES string of the molecule is CC(C)(C)c1ccc(/C=N/NC(=O)c2cc(Cl)ccc2O)cc1. The van der Waals surface area contributed by atoms with Crippen molar-refractivity contribution in [3.8, 4) is 5.75 Å². The lowest BCUT2D eigenvalue weighted by Gasteiger charge is -2.18. The molecule has 2 aromatic rings. The lowest BCUT2D eigenvalue weighted by atomic mass is 9.87. The van der Waals surface area contributed by atoms with Crippen molar-refractivity contribution in [2.24, 2.45) is 5.10 Å². The first-order valence-corrected chi connectivity index (χ1v) is 7.57. The van der Waals surface area contributed by atoms with Crippen LogP contribution in [0, 0.1) is 0 Å². The van der Waals surface area contributed by atoms with Crippen LogP contribution in [0.1, 0.15) is 42.3 Å². The van der Waals surface area contributed by atoms with Crippen LogP contribution in [0.4, 0.5) is 0 Å². The molecule has 4 nitrogen and oxygen atoms in total. The fourth-order valence-electron chi connectivity index (χ4n) is 1.98. The van der Waals surface area contributed by atoms with Gasteiger partial charge in [0, 0.05) is 5.02 Å². The van der Waals surface area contributed by atoms with E-state index in [-0.39, 0.29) is 16.7 Å². The normalized spacial score (nSPS) is 11.7. The molecule has 1 amide bonds. The summed E-state index contributed by atoms with van der Waals surface area (Å²) in [6.07, 6.45) is 1.55. The molecule has 0 heterocycles. The summed E-state index contributed by atoms with van der Waals surface area (Å²) in [5.41, 5.74) is 4.64. The van der Waals surface area contributed by atoms with E-state index >= 15 is 0 Å².